The van der Waals surface area contributed by atoms with Crippen LogP contribution in [0.3, 0.4) is 0 Å². The zero-order valence-electron chi connectivity index (χ0n) is 19.4. The van der Waals surface area contributed by atoms with Crippen LogP contribution in [-0.2, 0) is 9.59 Å². The predicted molar refractivity (Wildman–Crippen MR) is 120 cm³/mol. The molecule has 0 aromatic carbocycles. The molecule has 0 spiro atoms. The quantitative estimate of drug-likeness (QED) is 0.663. The molecule has 0 radical (unpaired) electrons. The fourth-order valence-corrected chi connectivity index (χ4v) is 5.59. The van der Waals surface area contributed by atoms with Crippen molar-refractivity contribution in [1.82, 2.24) is 20.0 Å². The molecule has 4 amide bonds. The molecule has 0 bridgehead atoms. The third-order valence-corrected chi connectivity index (χ3v) is 7.88. The monoisotopic (exact) mass is 435 g/mol. The molecule has 0 aromatic heterocycles. The van der Waals surface area contributed by atoms with Crippen LogP contribution in [0.25, 0.3) is 0 Å². The number of nitrogens with one attached hydrogen (secondary N) is 1. The van der Waals surface area contributed by atoms with Gasteiger partial charge in [0.2, 0.25) is 11.8 Å². The van der Waals surface area contributed by atoms with Gasteiger partial charge in [-0.1, -0.05) is 6.92 Å². The molecule has 1 atom stereocenters. The minimum Gasteiger partial charge on any atom is -0.351 e. The minimum atomic E-state index is -0.426. The lowest BCUT2D eigenvalue weighted by Gasteiger charge is -2.39. The number of hydrogen-bond acceptors (Lipinski definition) is 4. The van der Waals surface area contributed by atoms with Crippen molar-refractivity contribution in [2.24, 2.45) is 23.5 Å². The van der Waals surface area contributed by atoms with E-state index in [1.165, 1.54) is 12.8 Å². The first-order valence-corrected chi connectivity index (χ1v) is 12.2. The van der Waals surface area contributed by atoms with Gasteiger partial charge in [0, 0.05) is 51.6 Å². The lowest BCUT2D eigenvalue weighted by Crippen LogP contribution is -2.49. The maximum atomic E-state index is 13.1. The van der Waals surface area contributed by atoms with E-state index in [9.17, 15) is 14.4 Å². The molecule has 3 aliphatic rings. The highest BCUT2D eigenvalue weighted by Crippen LogP contribution is 2.31. The first-order chi connectivity index (χ1) is 14.9. The zero-order chi connectivity index (χ0) is 22.4. The molecule has 3 rings (SSSR count). The van der Waals surface area contributed by atoms with Crippen molar-refractivity contribution in [3.63, 3.8) is 0 Å². The van der Waals surface area contributed by atoms with Crippen molar-refractivity contribution in [3.8, 4) is 0 Å². The van der Waals surface area contributed by atoms with Gasteiger partial charge >= 0.3 is 6.03 Å². The minimum absolute atomic E-state index is 0.0602. The van der Waals surface area contributed by atoms with Crippen molar-refractivity contribution in [3.05, 3.63) is 0 Å². The molecule has 176 valence electrons. The fourth-order valence-electron chi connectivity index (χ4n) is 5.59. The Morgan fingerprint density at radius 1 is 0.935 bits per heavy atom. The van der Waals surface area contributed by atoms with Gasteiger partial charge in [0.25, 0.3) is 0 Å². The summed E-state index contributed by atoms with van der Waals surface area (Å²) < 4.78 is 0. The van der Waals surface area contributed by atoms with Crippen molar-refractivity contribution in [1.29, 1.82) is 0 Å². The predicted octanol–water partition coefficient (Wildman–Crippen LogP) is 1.64. The number of hydrogen-bond donors (Lipinski definition) is 2. The molecular weight excluding hydrogens is 394 g/mol. The van der Waals surface area contributed by atoms with E-state index in [-0.39, 0.29) is 23.8 Å². The SMILES string of the molecule is CC[C@@H](CC(=O)N1CCC(N(C)C(N)=O)CC1)C(=O)N1CCC(C2CCNCC2)CC1. The Morgan fingerprint density at radius 2 is 1.48 bits per heavy atom. The summed E-state index contributed by atoms with van der Waals surface area (Å²) >= 11 is 0. The van der Waals surface area contributed by atoms with Gasteiger partial charge < -0.3 is 25.8 Å². The molecule has 8 nitrogen and oxygen atoms in total. The molecule has 3 saturated heterocycles. The highest BCUT2D eigenvalue weighted by molar-refractivity contribution is 5.86. The second-order valence-corrected chi connectivity index (χ2v) is 9.62. The summed E-state index contributed by atoms with van der Waals surface area (Å²) in [5.74, 6) is 1.54. The highest BCUT2D eigenvalue weighted by atomic mass is 16.2. The van der Waals surface area contributed by atoms with Crippen LogP contribution >= 0.6 is 0 Å². The maximum absolute atomic E-state index is 13.1. The molecule has 8 heteroatoms. The van der Waals surface area contributed by atoms with Crippen LogP contribution < -0.4 is 11.1 Å². The summed E-state index contributed by atoms with van der Waals surface area (Å²) in [6.45, 7) is 7.16. The summed E-state index contributed by atoms with van der Waals surface area (Å²) in [7, 11) is 1.71. The van der Waals surface area contributed by atoms with E-state index >= 15 is 0 Å². The summed E-state index contributed by atoms with van der Waals surface area (Å²) in [5, 5.41) is 3.44. The molecule has 3 fully saturated rings. The average molecular weight is 436 g/mol. The summed E-state index contributed by atoms with van der Waals surface area (Å²) in [6, 6.07) is -0.336. The van der Waals surface area contributed by atoms with Crippen LogP contribution in [0.4, 0.5) is 4.79 Å². The number of primary amides is 1. The first-order valence-electron chi connectivity index (χ1n) is 12.2. The van der Waals surface area contributed by atoms with E-state index in [0.29, 0.717) is 25.9 Å². The second kappa shape index (κ2) is 11.2. The van der Waals surface area contributed by atoms with Crippen LogP contribution in [0, 0.1) is 17.8 Å². The molecule has 0 aromatic rings. The van der Waals surface area contributed by atoms with Crippen LogP contribution in [0.1, 0.15) is 58.3 Å². The van der Waals surface area contributed by atoms with E-state index in [0.717, 1.165) is 63.7 Å². The van der Waals surface area contributed by atoms with E-state index < -0.39 is 6.03 Å². The van der Waals surface area contributed by atoms with Crippen molar-refractivity contribution >= 4 is 17.8 Å². The molecule has 3 N–H and O–H groups in total. The smallest absolute Gasteiger partial charge is 0.314 e. The standard InChI is InChI=1S/C23H41N5O3/c1-3-17(16-21(29)27-14-8-20(9-15-27)26(2)23(24)31)22(30)28-12-6-19(7-13-28)18-4-10-25-11-5-18/h17-20,25H,3-16H2,1-2H3,(H2,24,31)/t17-/m0/s1. The van der Waals surface area contributed by atoms with Crippen LogP contribution in [0.15, 0.2) is 0 Å². The summed E-state index contributed by atoms with van der Waals surface area (Å²) in [5.41, 5.74) is 5.36. The van der Waals surface area contributed by atoms with Gasteiger partial charge in [-0.3, -0.25) is 9.59 Å². The van der Waals surface area contributed by atoms with E-state index in [4.69, 9.17) is 5.73 Å². The van der Waals surface area contributed by atoms with Gasteiger partial charge in [0.1, 0.15) is 0 Å². The van der Waals surface area contributed by atoms with Gasteiger partial charge in [-0.05, 0) is 69.9 Å². The summed E-state index contributed by atoms with van der Waals surface area (Å²) in [6.07, 6.45) is 7.18. The Morgan fingerprint density at radius 3 is 2.03 bits per heavy atom. The topological polar surface area (TPSA) is 99.0 Å². The number of nitrogens with zero attached hydrogens (tertiary/aromatic N) is 3. The maximum Gasteiger partial charge on any atom is 0.314 e. The van der Waals surface area contributed by atoms with Crippen LogP contribution in [-0.4, -0.2) is 84.9 Å². The number of urea groups is 1. The highest BCUT2D eigenvalue weighted by Gasteiger charge is 2.33. The van der Waals surface area contributed by atoms with Crippen molar-refractivity contribution in [2.75, 3.05) is 46.3 Å². The normalized spacial score (nSPS) is 22.9. The number of nitrogens with two attached hydrogens (primary N) is 1. The second-order valence-electron chi connectivity index (χ2n) is 9.62. The van der Waals surface area contributed by atoms with Gasteiger partial charge in [-0.2, -0.15) is 0 Å². The fraction of sp³-hybridized carbons (Fsp3) is 0.870. The summed E-state index contributed by atoms with van der Waals surface area (Å²) in [4.78, 5) is 42.8. The Balaban J connectivity index is 1.44. The molecule has 0 saturated carbocycles. The van der Waals surface area contributed by atoms with Crippen LogP contribution in [0.2, 0.25) is 0 Å². The number of likely N-dealkylation sites (tertiary alicyclic amines) is 2. The number of carbonyl (C=O) groups is 3. The van der Waals surface area contributed by atoms with E-state index in [1.807, 2.05) is 16.7 Å². The van der Waals surface area contributed by atoms with E-state index in [1.54, 1.807) is 11.9 Å². The lowest BCUT2D eigenvalue weighted by molar-refractivity contribution is -0.143. The largest absolute Gasteiger partial charge is 0.351 e. The number of carbonyl (C=O) groups excluding carboxylic acids is 3. The molecule has 0 aliphatic carbocycles. The molecule has 31 heavy (non-hydrogen) atoms. The van der Waals surface area contributed by atoms with Gasteiger partial charge in [-0.15, -0.1) is 0 Å². The number of rotatable bonds is 6. The van der Waals surface area contributed by atoms with Crippen LogP contribution in [0.5, 0.6) is 0 Å². The molecule has 3 heterocycles. The Bertz CT molecular complexity index is 621. The zero-order valence-corrected chi connectivity index (χ0v) is 19.4. The third-order valence-electron chi connectivity index (χ3n) is 7.88. The van der Waals surface area contributed by atoms with Gasteiger partial charge in [0.15, 0.2) is 0 Å². The average Bonchev–Trinajstić information content (AvgIpc) is 2.82. The lowest BCUT2D eigenvalue weighted by atomic mass is 9.79. The Labute approximate surface area is 186 Å². The van der Waals surface area contributed by atoms with Gasteiger partial charge in [-0.25, -0.2) is 4.79 Å². The van der Waals surface area contributed by atoms with E-state index in [2.05, 4.69) is 5.32 Å². The van der Waals surface area contributed by atoms with Crippen molar-refractivity contribution in [2.45, 2.75) is 64.3 Å². The molecular formula is C23H41N5O3. The first kappa shape index (κ1) is 23.8. The Kier molecular flexibility index (Phi) is 8.58. The Hall–Kier alpha value is -1.83. The third kappa shape index (κ3) is 6.11. The number of amides is 4. The van der Waals surface area contributed by atoms with Crippen molar-refractivity contribution < 1.29 is 14.4 Å². The molecule has 0 unspecified atom stereocenters. The molecule has 3 aliphatic heterocycles. The number of piperidine rings is 3. The van der Waals surface area contributed by atoms with Gasteiger partial charge in [0.05, 0.1) is 0 Å².